The molecular weight excluding hydrogens is 510 g/mol. The van der Waals surface area contributed by atoms with E-state index in [9.17, 15) is 18.0 Å². The maximum atomic E-state index is 13.3. The van der Waals surface area contributed by atoms with Gasteiger partial charge in [-0.15, -0.1) is 0 Å². The largest absolute Gasteiger partial charge is 0.465 e. The molecule has 1 amide bonds. The Morgan fingerprint density at radius 2 is 1.91 bits per heavy atom. The first-order chi connectivity index (χ1) is 16.7. The molecule has 8 nitrogen and oxygen atoms in total. The van der Waals surface area contributed by atoms with Crippen LogP contribution in [0.5, 0.6) is 0 Å². The second-order valence-corrected chi connectivity index (χ2v) is 11.4. The molecule has 1 aliphatic rings. The third kappa shape index (κ3) is 5.35. The van der Waals surface area contributed by atoms with Crippen LogP contribution in [-0.2, 0) is 37.3 Å². The van der Waals surface area contributed by atoms with Crippen LogP contribution >= 0.6 is 22.9 Å². The standard InChI is InChI=1S/C24H26ClN3O5S2/c1-3-16-7-12-19-21(14-16)34-24(27(19)15-22(29)33-4-2)26-23(30)20-6-5-13-28(20)35(31,32)18-10-8-17(25)9-11-18/h7-12,14,20H,3-6,13,15H2,1-2H3. The molecule has 1 aliphatic heterocycles. The van der Waals surface area contributed by atoms with Gasteiger partial charge in [-0.3, -0.25) is 9.59 Å². The number of nitrogens with zero attached hydrogens (tertiary/aromatic N) is 3. The smallest absolute Gasteiger partial charge is 0.326 e. The van der Waals surface area contributed by atoms with E-state index in [0.717, 1.165) is 22.2 Å². The highest BCUT2D eigenvalue weighted by molar-refractivity contribution is 7.89. The highest BCUT2D eigenvalue weighted by atomic mass is 35.5. The first-order valence-electron chi connectivity index (χ1n) is 11.4. The zero-order valence-electron chi connectivity index (χ0n) is 19.4. The highest BCUT2D eigenvalue weighted by Crippen LogP contribution is 2.28. The Labute approximate surface area is 212 Å². The third-order valence-electron chi connectivity index (χ3n) is 5.86. The van der Waals surface area contributed by atoms with E-state index in [1.165, 1.54) is 39.9 Å². The number of hydrogen-bond acceptors (Lipinski definition) is 6. The Balaban J connectivity index is 1.73. The van der Waals surface area contributed by atoms with Gasteiger partial charge in [-0.1, -0.05) is 35.9 Å². The van der Waals surface area contributed by atoms with Crippen molar-refractivity contribution >= 4 is 55.1 Å². The van der Waals surface area contributed by atoms with Gasteiger partial charge in [0, 0.05) is 11.6 Å². The molecule has 0 N–H and O–H groups in total. The van der Waals surface area contributed by atoms with E-state index >= 15 is 0 Å². The molecule has 1 atom stereocenters. The molecule has 0 bridgehead atoms. The van der Waals surface area contributed by atoms with Crippen molar-refractivity contribution in [2.75, 3.05) is 13.2 Å². The van der Waals surface area contributed by atoms with Gasteiger partial charge in [0.1, 0.15) is 12.6 Å². The van der Waals surface area contributed by atoms with Crippen LogP contribution in [0.2, 0.25) is 5.02 Å². The van der Waals surface area contributed by atoms with E-state index in [-0.39, 0.29) is 24.6 Å². The van der Waals surface area contributed by atoms with Gasteiger partial charge in [0.05, 0.1) is 21.7 Å². The van der Waals surface area contributed by atoms with Crippen molar-refractivity contribution in [2.24, 2.45) is 4.99 Å². The number of hydrogen-bond donors (Lipinski definition) is 0. The van der Waals surface area contributed by atoms with Crippen LogP contribution < -0.4 is 4.80 Å². The van der Waals surface area contributed by atoms with Crippen molar-refractivity contribution in [1.82, 2.24) is 8.87 Å². The van der Waals surface area contributed by atoms with Gasteiger partial charge in [0.25, 0.3) is 5.91 Å². The van der Waals surface area contributed by atoms with Crippen molar-refractivity contribution in [1.29, 1.82) is 0 Å². The van der Waals surface area contributed by atoms with Gasteiger partial charge in [-0.2, -0.15) is 9.30 Å². The minimum absolute atomic E-state index is 0.0768. The van der Waals surface area contributed by atoms with E-state index in [4.69, 9.17) is 16.3 Å². The minimum Gasteiger partial charge on any atom is -0.465 e. The number of benzene rings is 2. The van der Waals surface area contributed by atoms with Crippen molar-refractivity contribution in [3.63, 3.8) is 0 Å². The fourth-order valence-corrected chi connectivity index (χ4v) is 6.97. The maximum Gasteiger partial charge on any atom is 0.326 e. The lowest BCUT2D eigenvalue weighted by Gasteiger charge is -2.21. The summed E-state index contributed by atoms with van der Waals surface area (Å²) in [6.45, 7) is 4.15. The second kappa shape index (κ2) is 10.6. The third-order valence-corrected chi connectivity index (χ3v) is 9.08. The lowest BCUT2D eigenvalue weighted by Crippen LogP contribution is -2.40. The molecule has 3 aromatic rings. The molecule has 186 valence electrons. The Hall–Kier alpha value is -2.53. The zero-order chi connectivity index (χ0) is 25.2. The fourth-order valence-electron chi connectivity index (χ4n) is 4.10. The quantitative estimate of drug-likeness (QED) is 0.429. The Bertz CT molecular complexity index is 1430. The van der Waals surface area contributed by atoms with Crippen LogP contribution in [0.25, 0.3) is 10.2 Å². The van der Waals surface area contributed by atoms with Crippen LogP contribution in [0.15, 0.2) is 52.4 Å². The van der Waals surface area contributed by atoms with Gasteiger partial charge >= 0.3 is 5.97 Å². The van der Waals surface area contributed by atoms with Gasteiger partial charge in [0.2, 0.25) is 10.0 Å². The molecular formula is C24H26ClN3O5S2. The summed E-state index contributed by atoms with van der Waals surface area (Å²) in [6, 6.07) is 10.8. The molecule has 0 spiro atoms. The number of thiazole rings is 1. The summed E-state index contributed by atoms with van der Waals surface area (Å²) in [5.74, 6) is -0.992. The molecule has 0 saturated carbocycles. The number of aryl methyl sites for hydroxylation is 1. The van der Waals surface area contributed by atoms with Gasteiger partial charge in [0.15, 0.2) is 4.80 Å². The van der Waals surface area contributed by atoms with E-state index in [2.05, 4.69) is 4.99 Å². The van der Waals surface area contributed by atoms with Crippen LogP contribution in [0.4, 0.5) is 0 Å². The van der Waals surface area contributed by atoms with E-state index in [0.29, 0.717) is 22.7 Å². The molecule has 1 unspecified atom stereocenters. The average molecular weight is 536 g/mol. The number of aromatic nitrogens is 1. The lowest BCUT2D eigenvalue weighted by molar-refractivity contribution is -0.143. The number of ether oxygens (including phenoxy) is 1. The van der Waals surface area contributed by atoms with Gasteiger partial charge < -0.3 is 9.30 Å². The van der Waals surface area contributed by atoms with Gasteiger partial charge in [-0.05, 0) is 68.1 Å². The van der Waals surface area contributed by atoms with Crippen LogP contribution in [0.3, 0.4) is 0 Å². The number of rotatable bonds is 7. The first-order valence-corrected chi connectivity index (χ1v) is 14.0. The second-order valence-electron chi connectivity index (χ2n) is 8.11. The van der Waals surface area contributed by atoms with Crippen molar-refractivity contribution in [3.05, 3.63) is 57.9 Å². The molecule has 2 heterocycles. The molecule has 4 rings (SSSR count). The molecule has 1 saturated heterocycles. The van der Waals surface area contributed by atoms with Crippen LogP contribution in [0.1, 0.15) is 32.3 Å². The van der Waals surface area contributed by atoms with Crippen LogP contribution in [-0.4, -0.2) is 48.4 Å². The predicted octanol–water partition coefficient (Wildman–Crippen LogP) is 3.76. The highest BCUT2D eigenvalue weighted by Gasteiger charge is 2.39. The summed E-state index contributed by atoms with van der Waals surface area (Å²) in [5.41, 5.74) is 1.89. The number of esters is 1. The summed E-state index contributed by atoms with van der Waals surface area (Å²) in [7, 11) is -3.90. The number of halogens is 1. The molecule has 11 heteroatoms. The predicted molar refractivity (Wildman–Crippen MR) is 135 cm³/mol. The number of carbonyl (C=O) groups excluding carboxylic acids is 2. The molecule has 1 aromatic heterocycles. The summed E-state index contributed by atoms with van der Waals surface area (Å²) >= 11 is 7.19. The molecule has 0 radical (unpaired) electrons. The molecule has 1 fully saturated rings. The van der Waals surface area contributed by atoms with E-state index in [1.54, 1.807) is 11.5 Å². The molecule has 2 aromatic carbocycles. The van der Waals surface area contributed by atoms with Crippen molar-refractivity contribution in [2.45, 2.75) is 50.6 Å². The minimum atomic E-state index is -3.90. The van der Waals surface area contributed by atoms with E-state index < -0.39 is 27.9 Å². The Morgan fingerprint density at radius 1 is 1.17 bits per heavy atom. The lowest BCUT2D eigenvalue weighted by atomic mass is 10.2. The van der Waals surface area contributed by atoms with Crippen molar-refractivity contribution < 1.29 is 22.7 Å². The number of sulfonamides is 1. The average Bonchev–Trinajstić information content (AvgIpc) is 3.45. The van der Waals surface area contributed by atoms with Crippen molar-refractivity contribution in [3.8, 4) is 0 Å². The molecule has 0 aliphatic carbocycles. The monoisotopic (exact) mass is 535 g/mol. The summed E-state index contributed by atoms with van der Waals surface area (Å²) in [6.07, 6.45) is 1.77. The first kappa shape index (κ1) is 25.6. The summed E-state index contributed by atoms with van der Waals surface area (Å²) in [5, 5.41) is 0.426. The Kier molecular flexibility index (Phi) is 7.75. The summed E-state index contributed by atoms with van der Waals surface area (Å²) < 4.78 is 35.3. The van der Waals surface area contributed by atoms with Gasteiger partial charge in [-0.25, -0.2) is 8.42 Å². The number of carbonyl (C=O) groups is 2. The maximum absolute atomic E-state index is 13.3. The summed E-state index contributed by atoms with van der Waals surface area (Å²) in [4.78, 5) is 30.3. The topological polar surface area (TPSA) is 98.0 Å². The normalized spacial score (nSPS) is 17.2. The Morgan fingerprint density at radius 3 is 2.60 bits per heavy atom. The number of amides is 1. The SMILES string of the molecule is CCOC(=O)Cn1c(=NC(=O)C2CCCN2S(=O)(=O)c2ccc(Cl)cc2)sc2cc(CC)ccc21. The fraction of sp³-hybridized carbons (Fsp3) is 0.375. The zero-order valence-corrected chi connectivity index (χ0v) is 21.8. The van der Waals surface area contributed by atoms with Crippen LogP contribution in [0, 0.1) is 0 Å². The number of fused-ring (bicyclic) bond motifs is 1. The van der Waals surface area contributed by atoms with E-state index in [1.807, 2.05) is 25.1 Å². The molecule has 35 heavy (non-hydrogen) atoms.